The molecule has 4 heteroatoms. The van der Waals surface area contributed by atoms with Gasteiger partial charge in [0.2, 0.25) is 0 Å². The number of unbranched alkanes of at least 4 members (excludes halogenated alkanes) is 5. The average molecular weight is 232 g/mol. The average Bonchev–Trinajstić information content (AvgIpc) is 2.08. The van der Waals surface area contributed by atoms with Crippen LogP contribution >= 0.6 is 24.4 Å². The van der Waals surface area contributed by atoms with Crippen LogP contribution in [-0.2, 0) is 0 Å². The molecule has 0 atom stereocenters. The van der Waals surface area contributed by atoms with Crippen LogP contribution in [0.4, 0.5) is 0 Å². The standard InChI is InChI=1S/C10H20N2S2/c11-9(13)7-5-3-1-2-4-6-8-10(12)14/h1-8H2,(H2,11,13)(H2,12,14). The lowest BCUT2D eigenvalue weighted by atomic mass is 10.1. The molecule has 0 aromatic heterocycles. The van der Waals surface area contributed by atoms with Gasteiger partial charge in [-0.1, -0.05) is 50.1 Å². The van der Waals surface area contributed by atoms with E-state index in [1.165, 1.54) is 25.7 Å². The molecule has 2 nitrogen and oxygen atoms in total. The number of thiocarbonyl (C=S) groups is 2. The molecule has 4 N–H and O–H groups in total. The summed E-state index contributed by atoms with van der Waals surface area (Å²) >= 11 is 9.59. The van der Waals surface area contributed by atoms with E-state index < -0.39 is 0 Å². The maximum atomic E-state index is 5.39. The maximum absolute atomic E-state index is 5.39. The topological polar surface area (TPSA) is 52.0 Å². The zero-order valence-electron chi connectivity index (χ0n) is 8.63. The highest BCUT2D eigenvalue weighted by Gasteiger charge is 1.94. The van der Waals surface area contributed by atoms with Crippen LogP contribution in [0.5, 0.6) is 0 Å². The Bertz CT molecular complexity index is 161. The minimum absolute atomic E-state index is 0.637. The molecule has 0 unspecified atom stereocenters. The van der Waals surface area contributed by atoms with Crippen LogP contribution in [0.1, 0.15) is 51.4 Å². The van der Waals surface area contributed by atoms with Gasteiger partial charge in [-0.3, -0.25) is 0 Å². The summed E-state index contributed by atoms with van der Waals surface area (Å²) in [6, 6.07) is 0. The van der Waals surface area contributed by atoms with Gasteiger partial charge < -0.3 is 11.5 Å². The molecule has 0 aromatic carbocycles. The first-order chi connectivity index (χ1) is 6.63. The van der Waals surface area contributed by atoms with Gasteiger partial charge in [0, 0.05) is 0 Å². The van der Waals surface area contributed by atoms with E-state index in [-0.39, 0.29) is 0 Å². The van der Waals surface area contributed by atoms with Crippen molar-refractivity contribution < 1.29 is 0 Å². The molecule has 0 radical (unpaired) electrons. The van der Waals surface area contributed by atoms with Gasteiger partial charge in [0.05, 0.1) is 9.98 Å². The Hall–Kier alpha value is -0.220. The summed E-state index contributed by atoms with van der Waals surface area (Å²) in [5.74, 6) is 0. The summed E-state index contributed by atoms with van der Waals surface area (Å²) in [5.41, 5.74) is 10.8. The quantitative estimate of drug-likeness (QED) is 0.474. The van der Waals surface area contributed by atoms with E-state index in [0.29, 0.717) is 9.98 Å². The first-order valence-corrected chi connectivity index (χ1v) is 6.01. The van der Waals surface area contributed by atoms with Crippen molar-refractivity contribution >= 4 is 34.4 Å². The van der Waals surface area contributed by atoms with E-state index in [2.05, 4.69) is 0 Å². The molecule has 0 saturated carbocycles. The van der Waals surface area contributed by atoms with Gasteiger partial charge in [0.1, 0.15) is 0 Å². The van der Waals surface area contributed by atoms with Gasteiger partial charge in [0.25, 0.3) is 0 Å². The van der Waals surface area contributed by atoms with Crippen molar-refractivity contribution in [2.75, 3.05) is 0 Å². The van der Waals surface area contributed by atoms with E-state index in [0.717, 1.165) is 25.7 Å². The molecular weight excluding hydrogens is 212 g/mol. The Morgan fingerprint density at radius 1 is 0.643 bits per heavy atom. The first kappa shape index (κ1) is 13.8. The van der Waals surface area contributed by atoms with Gasteiger partial charge in [-0.05, 0) is 25.7 Å². The molecule has 14 heavy (non-hydrogen) atoms. The molecular formula is C10H20N2S2. The normalized spacial score (nSPS) is 10.0. The molecule has 0 saturated heterocycles. The summed E-state index contributed by atoms with van der Waals surface area (Å²) in [6.45, 7) is 0. The molecule has 0 aliphatic heterocycles. The fourth-order valence-corrected chi connectivity index (χ4v) is 1.59. The van der Waals surface area contributed by atoms with E-state index in [4.69, 9.17) is 35.9 Å². The van der Waals surface area contributed by atoms with Crippen LogP contribution in [0.2, 0.25) is 0 Å². The number of hydrogen-bond acceptors (Lipinski definition) is 2. The zero-order valence-corrected chi connectivity index (χ0v) is 10.3. The molecule has 0 heterocycles. The van der Waals surface area contributed by atoms with E-state index in [1.54, 1.807) is 0 Å². The second kappa shape index (κ2) is 9.34. The van der Waals surface area contributed by atoms with Crippen LogP contribution in [0.15, 0.2) is 0 Å². The number of hydrogen-bond donors (Lipinski definition) is 2. The highest BCUT2D eigenvalue weighted by Crippen LogP contribution is 2.08. The molecule has 0 amide bonds. The van der Waals surface area contributed by atoms with Crippen molar-refractivity contribution in [3.63, 3.8) is 0 Å². The Morgan fingerprint density at radius 3 is 1.21 bits per heavy atom. The molecule has 0 fully saturated rings. The lowest BCUT2D eigenvalue weighted by molar-refractivity contribution is 0.608. The first-order valence-electron chi connectivity index (χ1n) is 5.19. The second-order valence-electron chi connectivity index (χ2n) is 3.55. The van der Waals surface area contributed by atoms with Crippen molar-refractivity contribution in [1.82, 2.24) is 0 Å². The van der Waals surface area contributed by atoms with Crippen LogP contribution < -0.4 is 11.5 Å². The van der Waals surface area contributed by atoms with Crippen LogP contribution in [0.25, 0.3) is 0 Å². The zero-order chi connectivity index (χ0) is 10.8. The van der Waals surface area contributed by atoms with Crippen LogP contribution in [0.3, 0.4) is 0 Å². The third-order valence-electron chi connectivity index (χ3n) is 2.10. The Kier molecular flexibility index (Phi) is 9.19. The summed E-state index contributed by atoms with van der Waals surface area (Å²) in [7, 11) is 0. The molecule has 0 spiro atoms. The Labute approximate surface area is 97.4 Å². The Morgan fingerprint density at radius 2 is 0.929 bits per heavy atom. The van der Waals surface area contributed by atoms with Gasteiger partial charge in [-0.25, -0.2) is 0 Å². The predicted octanol–water partition coefficient (Wildman–Crippen LogP) is 2.68. The van der Waals surface area contributed by atoms with E-state index in [1.807, 2.05) is 0 Å². The maximum Gasteiger partial charge on any atom is 0.0727 e. The monoisotopic (exact) mass is 232 g/mol. The number of nitrogens with two attached hydrogens (primary N) is 2. The molecule has 0 aromatic rings. The largest absolute Gasteiger partial charge is 0.393 e. The van der Waals surface area contributed by atoms with Crippen molar-refractivity contribution in [2.24, 2.45) is 11.5 Å². The highest BCUT2D eigenvalue weighted by molar-refractivity contribution is 7.80. The minimum Gasteiger partial charge on any atom is -0.393 e. The molecule has 0 bridgehead atoms. The van der Waals surface area contributed by atoms with Gasteiger partial charge in [-0.2, -0.15) is 0 Å². The van der Waals surface area contributed by atoms with Crippen molar-refractivity contribution in [1.29, 1.82) is 0 Å². The summed E-state index contributed by atoms with van der Waals surface area (Å²) < 4.78 is 0. The highest BCUT2D eigenvalue weighted by atomic mass is 32.1. The lowest BCUT2D eigenvalue weighted by Gasteiger charge is -2.01. The summed E-state index contributed by atoms with van der Waals surface area (Å²) in [5, 5.41) is 0. The van der Waals surface area contributed by atoms with E-state index >= 15 is 0 Å². The SMILES string of the molecule is NC(=S)CCCCCCCCC(N)=S. The van der Waals surface area contributed by atoms with Crippen molar-refractivity contribution in [2.45, 2.75) is 51.4 Å². The molecule has 0 rings (SSSR count). The van der Waals surface area contributed by atoms with Gasteiger partial charge >= 0.3 is 0 Å². The second-order valence-corrected chi connectivity index (χ2v) is 4.60. The van der Waals surface area contributed by atoms with Gasteiger partial charge in [-0.15, -0.1) is 0 Å². The third kappa shape index (κ3) is 11.8. The minimum atomic E-state index is 0.637. The molecule has 0 aliphatic rings. The van der Waals surface area contributed by atoms with Crippen molar-refractivity contribution in [3.8, 4) is 0 Å². The fourth-order valence-electron chi connectivity index (χ4n) is 1.31. The lowest BCUT2D eigenvalue weighted by Crippen LogP contribution is -2.07. The molecule has 82 valence electrons. The number of rotatable bonds is 9. The Balaban J connectivity index is 2.99. The smallest absolute Gasteiger partial charge is 0.0727 e. The molecule has 0 aliphatic carbocycles. The van der Waals surface area contributed by atoms with Crippen LogP contribution in [-0.4, -0.2) is 9.98 Å². The van der Waals surface area contributed by atoms with Crippen molar-refractivity contribution in [3.05, 3.63) is 0 Å². The predicted molar refractivity (Wildman–Crippen MR) is 70.5 cm³/mol. The summed E-state index contributed by atoms with van der Waals surface area (Å²) in [6.07, 6.45) is 9.02. The fraction of sp³-hybridized carbons (Fsp3) is 0.800. The third-order valence-corrected chi connectivity index (χ3v) is 2.50. The van der Waals surface area contributed by atoms with Crippen LogP contribution in [0, 0.1) is 0 Å². The van der Waals surface area contributed by atoms with E-state index in [9.17, 15) is 0 Å². The van der Waals surface area contributed by atoms with Gasteiger partial charge in [0.15, 0.2) is 0 Å². The summed E-state index contributed by atoms with van der Waals surface area (Å²) in [4.78, 5) is 1.27.